The van der Waals surface area contributed by atoms with Crippen LogP contribution in [0.25, 0.3) is 0 Å². The quantitative estimate of drug-likeness (QED) is 0.778. The SMILES string of the molecule is O=C(Nc1cc(C(F)(F)F)c[nH]c1=O)C1CC12CCNCC2. The zero-order valence-corrected chi connectivity index (χ0v) is 11.7. The third-order valence-electron chi connectivity index (χ3n) is 4.59. The topological polar surface area (TPSA) is 74.0 Å². The zero-order valence-electron chi connectivity index (χ0n) is 11.7. The largest absolute Gasteiger partial charge is 0.417 e. The summed E-state index contributed by atoms with van der Waals surface area (Å²) in [6.07, 6.45) is -1.48. The second-order valence-corrected chi connectivity index (χ2v) is 5.99. The van der Waals surface area contributed by atoms with Crippen molar-refractivity contribution in [3.05, 3.63) is 28.2 Å². The summed E-state index contributed by atoms with van der Waals surface area (Å²) < 4.78 is 38.0. The fourth-order valence-electron chi connectivity index (χ4n) is 3.16. The average molecular weight is 315 g/mol. The van der Waals surface area contributed by atoms with E-state index in [0.29, 0.717) is 12.3 Å². The normalized spacial score (nSPS) is 23.3. The Hall–Kier alpha value is -1.83. The molecule has 0 bridgehead atoms. The van der Waals surface area contributed by atoms with Crippen molar-refractivity contribution < 1.29 is 18.0 Å². The van der Waals surface area contributed by atoms with Gasteiger partial charge < -0.3 is 15.6 Å². The van der Waals surface area contributed by atoms with E-state index in [0.717, 1.165) is 32.4 Å². The van der Waals surface area contributed by atoms with E-state index in [1.807, 2.05) is 4.98 Å². The molecule has 5 nitrogen and oxygen atoms in total. The van der Waals surface area contributed by atoms with Crippen LogP contribution in [0.3, 0.4) is 0 Å². The lowest BCUT2D eigenvalue weighted by Gasteiger charge is -2.23. The number of piperidine rings is 1. The van der Waals surface area contributed by atoms with Gasteiger partial charge in [0.1, 0.15) is 5.69 Å². The van der Waals surface area contributed by atoms with E-state index < -0.39 is 17.3 Å². The van der Waals surface area contributed by atoms with Crippen LogP contribution in [0.4, 0.5) is 18.9 Å². The zero-order chi connectivity index (χ0) is 16.0. The van der Waals surface area contributed by atoms with Gasteiger partial charge in [-0.25, -0.2) is 0 Å². The molecule has 1 amide bonds. The van der Waals surface area contributed by atoms with Crippen LogP contribution in [-0.4, -0.2) is 24.0 Å². The van der Waals surface area contributed by atoms with E-state index >= 15 is 0 Å². The lowest BCUT2D eigenvalue weighted by molar-refractivity contribution is -0.137. The molecule has 1 aromatic heterocycles. The van der Waals surface area contributed by atoms with E-state index in [1.54, 1.807) is 0 Å². The highest BCUT2D eigenvalue weighted by Gasteiger charge is 2.57. The molecule has 1 aromatic rings. The number of rotatable bonds is 2. The molecule has 1 aliphatic carbocycles. The molecule has 1 aliphatic heterocycles. The standard InChI is InChI=1S/C14H16F3N3O2/c15-14(16,17)8-5-10(12(22)19-7-8)20-11(21)9-6-13(9)1-3-18-4-2-13/h5,7,9,18H,1-4,6H2,(H,19,22)(H,20,21). The van der Waals surface area contributed by atoms with Crippen molar-refractivity contribution in [2.75, 3.05) is 18.4 Å². The summed E-state index contributed by atoms with van der Waals surface area (Å²) in [6.45, 7) is 1.68. The van der Waals surface area contributed by atoms with Crippen LogP contribution in [0.5, 0.6) is 0 Å². The van der Waals surface area contributed by atoms with Gasteiger partial charge >= 0.3 is 6.18 Å². The third-order valence-corrected chi connectivity index (χ3v) is 4.59. The molecule has 0 aromatic carbocycles. The van der Waals surface area contributed by atoms with E-state index in [4.69, 9.17) is 0 Å². The smallest absolute Gasteiger partial charge is 0.327 e. The Morgan fingerprint density at radius 2 is 2.00 bits per heavy atom. The number of amides is 1. The second kappa shape index (κ2) is 5.12. The van der Waals surface area contributed by atoms with Crippen molar-refractivity contribution in [3.63, 3.8) is 0 Å². The molecule has 8 heteroatoms. The summed E-state index contributed by atoms with van der Waals surface area (Å²) in [7, 11) is 0. The lowest BCUT2D eigenvalue weighted by Crippen LogP contribution is -2.32. The number of hydrogen-bond donors (Lipinski definition) is 3. The summed E-state index contributed by atoms with van der Waals surface area (Å²) in [4.78, 5) is 25.8. The maximum Gasteiger partial charge on any atom is 0.417 e. The second-order valence-electron chi connectivity index (χ2n) is 5.99. The number of halogens is 3. The number of carbonyl (C=O) groups excluding carboxylic acids is 1. The number of carbonyl (C=O) groups is 1. The van der Waals surface area contributed by atoms with Gasteiger partial charge in [0.25, 0.3) is 5.56 Å². The first-order valence-corrected chi connectivity index (χ1v) is 7.13. The van der Waals surface area contributed by atoms with E-state index in [-0.39, 0.29) is 22.9 Å². The molecule has 2 aliphatic rings. The average Bonchev–Trinajstić information content (AvgIpc) is 3.14. The molecule has 1 saturated heterocycles. The molecular weight excluding hydrogens is 299 g/mol. The highest BCUT2D eigenvalue weighted by Crippen LogP contribution is 2.58. The van der Waals surface area contributed by atoms with Crippen LogP contribution >= 0.6 is 0 Å². The molecule has 2 heterocycles. The molecule has 2 fully saturated rings. The summed E-state index contributed by atoms with van der Waals surface area (Å²) in [5, 5.41) is 5.56. The minimum Gasteiger partial charge on any atom is -0.327 e. The van der Waals surface area contributed by atoms with Crippen molar-refractivity contribution in [1.82, 2.24) is 10.3 Å². The number of nitrogens with one attached hydrogen (secondary N) is 3. The number of pyridine rings is 1. The predicted octanol–water partition coefficient (Wildman–Crippen LogP) is 1.72. The van der Waals surface area contributed by atoms with Crippen molar-refractivity contribution >= 4 is 11.6 Å². The number of hydrogen-bond acceptors (Lipinski definition) is 3. The number of aromatic amines is 1. The number of anilines is 1. The lowest BCUT2D eigenvalue weighted by atomic mass is 9.92. The number of alkyl halides is 3. The molecule has 1 atom stereocenters. The van der Waals surface area contributed by atoms with Crippen molar-refractivity contribution in [1.29, 1.82) is 0 Å². The molecule has 3 rings (SSSR count). The van der Waals surface area contributed by atoms with Gasteiger partial charge in [0.15, 0.2) is 0 Å². The molecule has 120 valence electrons. The highest BCUT2D eigenvalue weighted by molar-refractivity contribution is 5.95. The first kappa shape index (κ1) is 15.1. The van der Waals surface area contributed by atoms with Gasteiger partial charge in [-0.2, -0.15) is 13.2 Å². The summed E-state index contributed by atoms with van der Waals surface area (Å²) in [6, 6.07) is 0.675. The molecule has 22 heavy (non-hydrogen) atoms. The van der Waals surface area contributed by atoms with Crippen LogP contribution in [0.15, 0.2) is 17.1 Å². The minimum atomic E-state index is -4.57. The Kier molecular flexibility index (Phi) is 3.51. The summed E-state index contributed by atoms with van der Waals surface area (Å²) >= 11 is 0. The first-order chi connectivity index (χ1) is 10.3. The van der Waals surface area contributed by atoms with Gasteiger partial charge in [-0.1, -0.05) is 0 Å². The summed E-state index contributed by atoms with van der Waals surface area (Å²) in [5.74, 6) is -0.588. The monoisotopic (exact) mass is 315 g/mol. The van der Waals surface area contributed by atoms with Gasteiger partial charge in [0.2, 0.25) is 5.91 Å². The van der Waals surface area contributed by atoms with Crippen molar-refractivity contribution in [2.45, 2.75) is 25.4 Å². The molecule has 1 unspecified atom stereocenters. The Balaban J connectivity index is 1.74. The predicted molar refractivity (Wildman–Crippen MR) is 73.3 cm³/mol. The molecule has 1 saturated carbocycles. The molecule has 0 radical (unpaired) electrons. The molecular formula is C14H16F3N3O2. The first-order valence-electron chi connectivity index (χ1n) is 7.13. The van der Waals surface area contributed by atoms with E-state index in [2.05, 4.69) is 10.6 Å². The minimum absolute atomic E-state index is 0.0380. The van der Waals surface area contributed by atoms with Crippen LogP contribution in [0, 0.1) is 11.3 Å². The Morgan fingerprint density at radius 1 is 1.32 bits per heavy atom. The van der Waals surface area contributed by atoms with Gasteiger partial charge in [-0.3, -0.25) is 9.59 Å². The number of aromatic nitrogens is 1. The van der Waals surface area contributed by atoms with Gasteiger partial charge in [-0.05, 0) is 43.8 Å². The maximum atomic E-state index is 12.7. The highest BCUT2D eigenvalue weighted by atomic mass is 19.4. The van der Waals surface area contributed by atoms with Crippen molar-refractivity contribution in [3.8, 4) is 0 Å². The van der Waals surface area contributed by atoms with Crippen LogP contribution in [0.2, 0.25) is 0 Å². The maximum absolute atomic E-state index is 12.7. The Labute approximate surface area is 124 Å². The fraction of sp³-hybridized carbons (Fsp3) is 0.571. The van der Waals surface area contributed by atoms with Gasteiger partial charge in [-0.15, -0.1) is 0 Å². The van der Waals surface area contributed by atoms with Crippen LogP contribution in [0.1, 0.15) is 24.8 Å². The summed E-state index contributed by atoms with van der Waals surface area (Å²) in [5.41, 5.74) is -2.11. The van der Waals surface area contributed by atoms with Crippen molar-refractivity contribution in [2.24, 2.45) is 11.3 Å². The Bertz CT molecular complexity index is 647. The van der Waals surface area contributed by atoms with Gasteiger partial charge in [0, 0.05) is 12.1 Å². The molecule has 3 N–H and O–H groups in total. The Morgan fingerprint density at radius 3 is 2.64 bits per heavy atom. The van der Waals surface area contributed by atoms with Gasteiger partial charge in [0.05, 0.1) is 5.56 Å². The van der Waals surface area contributed by atoms with E-state index in [9.17, 15) is 22.8 Å². The number of H-pyrrole nitrogens is 1. The van der Waals surface area contributed by atoms with Crippen LogP contribution in [-0.2, 0) is 11.0 Å². The molecule has 1 spiro atoms. The van der Waals surface area contributed by atoms with E-state index in [1.165, 1.54) is 0 Å². The third kappa shape index (κ3) is 2.75. The fourth-order valence-corrected chi connectivity index (χ4v) is 3.16. The van der Waals surface area contributed by atoms with Crippen LogP contribution < -0.4 is 16.2 Å².